The number of sulfone groups is 1. The minimum Gasteiger partial charge on any atom is -0.365 e. The van der Waals surface area contributed by atoms with Crippen molar-refractivity contribution >= 4 is 9.84 Å². The third kappa shape index (κ3) is 2.13. The van der Waals surface area contributed by atoms with E-state index in [9.17, 15) is 8.42 Å². The van der Waals surface area contributed by atoms with E-state index in [-0.39, 0.29) is 0 Å². The molecule has 0 spiro atoms. The fourth-order valence-electron chi connectivity index (χ4n) is 1.05. The second-order valence-electron chi connectivity index (χ2n) is 3.16. The third-order valence-electron chi connectivity index (χ3n) is 2.12. The molecule has 0 radical (unpaired) electrons. The highest BCUT2D eigenvalue weighted by Gasteiger charge is 2.22. The normalized spacial score (nSPS) is 13.9. The number of aryl methyl sites for hydroxylation is 1. The van der Waals surface area contributed by atoms with E-state index < -0.39 is 15.3 Å². The zero-order valence-electron chi connectivity index (χ0n) is 8.52. The number of benzene rings is 1. The largest absolute Gasteiger partial charge is 0.365 e. The van der Waals surface area contributed by atoms with Crippen molar-refractivity contribution in [2.75, 3.05) is 7.11 Å². The Labute approximate surface area is 84.6 Å². The molecule has 4 heteroatoms. The van der Waals surface area contributed by atoms with E-state index in [1.165, 1.54) is 14.0 Å². The Balaban J connectivity index is 3.11. The molecule has 0 heterocycles. The van der Waals surface area contributed by atoms with E-state index in [1.807, 2.05) is 6.92 Å². The lowest BCUT2D eigenvalue weighted by atomic mass is 10.2. The van der Waals surface area contributed by atoms with Gasteiger partial charge >= 0.3 is 0 Å². The van der Waals surface area contributed by atoms with E-state index in [1.54, 1.807) is 24.3 Å². The van der Waals surface area contributed by atoms with E-state index in [2.05, 4.69) is 0 Å². The quantitative estimate of drug-likeness (QED) is 0.770. The summed E-state index contributed by atoms with van der Waals surface area (Å²) in [5.74, 6) is 0. The molecule has 0 bridgehead atoms. The van der Waals surface area contributed by atoms with E-state index >= 15 is 0 Å². The summed E-state index contributed by atoms with van der Waals surface area (Å²) in [5, 5.41) is 0. The van der Waals surface area contributed by atoms with Crippen LogP contribution in [0.3, 0.4) is 0 Å². The minimum absolute atomic E-state index is 0.303. The molecule has 1 atom stereocenters. The highest BCUT2D eigenvalue weighted by Crippen LogP contribution is 2.16. The van der Waals surface area contributed by atoms with Crippen LogP contribution >= 0.6 is 0 Å². The second-order valence-corrected chi connectivity index (χ2v) is 5.39. The first kappa shape index (κ1) is 11.2. The number of hydrogen-bond donors (Lipinski definition) is 0. The van der Waals surface area contributed by atoms with Gasteiger partial charge in [-0.2, -0.15) is 0 Å². The van der Waals surface area contributed by atoms with Crippen LogP contribution in [0, 0.1) is 6.92 Å². The highest BCUT2D eigenvalue weighted by molar-refractivity contribution is 7.91. The molecule has 0 aliphatic rings. The van der Waals surface area contributed by atoms with Crippen LogP contribution in [0.2, 0.25) is 0 Å². The van der Waals surface area contributed by atoms with Crippen molar-refractivity contribution < 1.29 is 13.2 Å². The maximum atomic E-state index is 11.7. The van der Waals surface area contributed by atoms with Crippen LogP contribution < -0.4 is 0 Å². The van der Waals surface area contributed by atoms with Gasteiger partial charge in [0.15, 0.2) is 5.44 Å². The molecule has 0 saturated heterocycles. The first-order valence-electron chi connectivity index (χ1n) is 4.32. The molecule has 1 rings (SSSR count). The summed E-state index contributed by atoms with van der Waals surface area (Å²) in [6.07, 6.45) is 0. The number of methoxy groups -OCH3 is 1. The molecule has 0 aliphatic carbocycles. The molecule has 14 heavy (non-hydrogen) atoms. The number of ether oxygens (including phenoxy) is 1. The maximum Gasteiger partial charge on any atom is 0.204 e. The predicted molar refractivity (Wildman–Crippen MR) is 54.8 cm³/mol. The van der Waals surface area contributed by atoms with E-state index in [0.29, 0.717) is 4.90 Å². The van der Waals surface area contributed by atoms with Gasteiger partial charge < -0.3 is 4.74 Å². The molecule has 0 aromatic heterocycles. The standard InChI is InChI=1S/C10H14O3S/c1-8-4-6-10(7-5-8)14(11,12)9(2)13-3/h4-7,9H,1-3H3. The van der Waals surface area contributed by atoms with Crippen molar-refractivity contribution in [1.29, 1.82) is 0 Å². The van der Waals surface area contributed by atoms with Gasteiger partial charge in [-0.1, -0.05) is 17.7 Å². The lowest BCUT2D eigenvalue weighted by Crippen LogP contribution is -2.19. The van der Waals surface area contributed by atoms with Gasteiger partial charge in [0.1, 0.15) is 0 Å². The SMILES string of the molecule is COC(C)S(=O)(=O)c1ccc(C)cc1. The van der Waals surface area contributed by atoms with Crippen molar-refractivity contribution in [2.45, 2.75) is 24.2 Å². The number of rotatable bonds is 3. The number of hydrogen-bond acceptors (Lipinski definition) is 3. The van der Waals surface area contributed by atoms with Gasteiger partial charge in [-0.05, 0) is 26.0 Å². The Hall–Kier alpha value is -0.870. The summed E-state index contributed by atoms with van der Waals surface area (Å²) < 4.78 is 28.3. The molecule has 1 aromatic rings. The van der Waals surface area contributed by atoms with Crippen LogP contribution in [-0.4, -0.2) is 21.0 Å². The van der Waals surface area contributed by atoms with Crippen molar-refractivity contribution in [1.82, 2.24) is 0 Å². The smallest absolute Gasteiger partial charge is 0.204 e. The molecule has 78 valence electrons. The lowest BCUT2D eigenvalue weighted by molar-refractivity contribution is 0.178. The van der Waals surface area contributed by atoms with Gasteiger partial charge in [0, 0.05) is 7.11 Å². The summed E-state index contributed by atoms with van der Waals surface area (Å²) in [6.45, 7) is 3.44. The first-order chi connectivity index (χ1) is 6.48. The van der Waals surface area contributed by atoms with Crippen LogP contribution in [0.25, 0.3) is 0 Å². The zero-order chi connectivity index (χ0) is 10.8. The monoisotopic (exact) mass is 214 g/mol. The summed E-state index contributed by atoms with van der Waals surface area (Å²) in [6, 6.07) is 6.74. The fraction of sp³-hybridized carbons (Fsp3) is 0.400. The summed E-state index contributed by atoms with van der Waals surface area (Å²) >= 11 is 0. The Morgan fingerprint density at radius 2 is 1.71 bits per heavy atom. The molecule has 0 fully saturated rings. The van der Waals surface area contributed by atoms with Crippen molar-refractivity contribution in [3.8, 4) is 0 Å². The Kier molecular flexibility index (Phi) is 3.29. The molecule has 0 saturated carbocycles. The minimum atomic E-state index is -3.33. The van der Waals surface area contributed by atoms with Crippen molar-refractivity contribution in [3.05, 3.63) is 29.8 Å². The fourth-order valence-corrected chi connectivity index (χ4v) is 2.20. The summed E-state index contributed by atoms with van der Waals surface area (Å²) in [4.78, 5) is 0.303. The van der Waals surface area contributed by atoms with Gasteiger partial charge in [-0.25, -0.2) is 8.42 Å². The molecular weight excluding hydrogens is 200 g/mol. The van der Waals surface area contributed by atoms with Gasteiger partial charge in [0.2, 0.25) is 9.84 Å². The topological polar surface area (TPSA) is 43.4 Å². The molecule has 0 N–H and O–H groups in total. The van der Waals surface area contributed by atoms with E-state index in [4.69, 9.17) is 4.74 Å². The molecule has 0 amide bonds. The van der Waals surface area contributed by atoms with Gasteiger partial charge in [-0.3, -0.25) is 0 Å². The maximum absolute atomic E-state index is 11.7. The summed E-state index contributed by atoms with van der Waals surface area (Å²) in [5.41, 5.74) is 0.235. The van der Waals surface area contributed by atoms with Crippen LogP contribution in [0.4, 0.5) is 0 Å². The van der Waals surface area contributed by atoms with Gasteiger partial charge in [-0.15, -0.1) is 0 Å². The Bertz CT molecular complexity index is 392. The van der Waals surface area contributed by atoms with Crippen molar-refractivity contribution in [2.24, 2.45) is 0 Å². The summed E-state index contributed by atoms with van der Waals surface area (Å²) in [7, 11) is -1.94. The molecule has 1 unspecified atom stereocenters. The first-order valence-corrected chi connectivity index (χ1v) is 5.86. The molecule has 3 nitrogen and oxygen atoms in total. The third-order valence-corrected chi connectivity index (χ3v) is 4.11. The second kappa shape index (κ2) is 4.11. The molecule has 1 aromatic carbocycles. The average Bonchev–Trinajstić information content (AvgIpc) is 2.17. The van der Waals surface area contributed by atoms with Crippen LogP contribution in [0.1, 0.15) is 12.5 Å². The van der Waals surface area contributed by atoms with Crippen LogP contribution in [-0.2, 0) is 14.6 Å². The van der Waals surface area contributed by atoms with Crippen LogP contribution in [0.5, 0.6) is 0 Å². The van der Waals surface area contributed by atoms with Gasteiger partial charge in [0.25, 0.3) is 0 Å². The van der Waals surface area contributed by atoms with E-state index in [0.717, 1.165) is 5.56 Å². The van der Waals surface area contributed by atoms with Crippen LogP contribution in [0.15, 0.2) is 29.2 Å². The average molecular weight is 214 g/mol. The molecular formula is C10H14O3S. The van der Waals surface area contributed by atoms with Crippen molar-refractivity contribution in [3.63, 3.8) is 0 Å². The lowest BCUT2D eigenvalue weighted by Gasteiger charge is -2.10. The Morgan fingerprint density at radius 1 is 1.21 bits per heavy atom. The zero-order valence-corrected chi connectivity index (χ0v) is 9.34. The molecule has 0 aliphatic heterocycles. The Morgan fingerprint density at radius 3 is 2.14 bits per heavy atom. The highest BCUT2D eigenvalue weighted by atomic mass is 32.2. The van der Waals surface area contributed by atoms with Gasteiger partial charge in [0.05, 0.1) is 4.90 Å². The predicted octanol–water partition coefficient (Wildman–Crippen LogP) is 1.76.